The zero-order valence-corrected chi connectivity index (χ0v) is 14.1. The van der Waals surface area contributed by atoms with Crippen molar-refractivity contribution in [3.05, 3.63) is 34.9 Å². The number of nitrogens with one attached hydrogen (secondary N) is 1. The van der Waals surface area contributed by atoms with Crippen LogP contribution in [0.15, 0.2) is 18.2 Å². The first-order valence-electron chi connectivity index (χ1n) is 8.73. The monoisotopic (exact) mass is 288 g/mol. The lowest BCUT2D eigenvalue weighted by Gasteiger charge is -2.30. The van der Waals surface area contributed by atoms with Crippen molar-refractivity contribution in [1.29, 1.82) is 0 Å². The number of benzene rings is 1. The van der Waals surface area contributed by atoms with E-state index >= 15 is 0 Å². The van der Waals surface area contributed by atoms with Gasteiger partial charge in [0.05, 0.1) is 0 Å². The first-order valence-corrected chi connectivity index (χ1v) is 8.73. The number of nitrogens with zero attached hydrogens (tertiary/aromatic N) is 1. The lowest BCUT2D eigenvalue weighted by Crippen LogP contribution is -2.37. The van der Waals surface area contributed by atoms with Crippen molar-refractivity contribution in [3.63, 3.8) is 0 Å². The first kappa shape index (κ1) is 16.5. The maximum absolute atomic E-state index is 3.69. The van der Waals surface area contributed by atoms with Crippen molar-refractivity contribution in [3.8, 4) is 0 Å². The summed E-state index contributed by atoms with van der Waals surface area (Å²) >= 11 is 0. The summed E-state index contributed by atoms with van der Waals surface area (Å²) in [7, 11) is 0. The van der Waals surface area contributed by atoms with E-state index in [1.165, 1.54) is 61.9 Å². The van der Waals surface area contributed by atoms with E-state index in [0.717, 1.165) is 13.1 Å². The van der Waals surface area contributed by atoms with E-state index in [4.69, 9.17) is 0 Å². The van der Waals surface area contributed by atoms with Crippen LogP contribution in [0.2, 0.25) is 0 Å². The Morgan fingerprint density at radius 1 is 1.00 bits per heavy atom. The highest BCUT2D eigenvalue weighted by molar-refractivity contribution is 5.31. The summed E-state index contributed by atoms with van der Waals surface area (Å²) in [5.41, 5.74) is 4.24. The quantitative estimate of drug-likeness (QED) is 0.872. The van der Waals surface area contributed by atoms with Gasteiger partial charge in [-0.3, -0.25) is 0 Å². The maximum atomic E-state index is 3.69. The van der Waals surface area contributed by atoms with Crippen LogP contribution in [0, 0.1) is 13.8 Å². The Labute approximate surface area is 130 Å². The van der Waals surface area contributed by atoms with E-state index in [9.17, 15) is 0 Å². The van der Waals surface area contributed by atoms with Gasteiger partial charge >= 0.3 is 0 Å². The minimum Gasteiger partial charge on any atom is -0.309 e. The Hall–Kier alpha value is -0.860. The molecule has 0 aliphatic carbocycles. The summed E-state index contributed by atoms with van der Waals surface area (Å²) < 4.78 is 0. The van der Waals surface area contributed by atoms with Gasteiger partial charge in [0.2, 0.25) is 0 Å². The van der Waals surface area contributed by atoms with Gasteiger partial charge in [-0.15, -0.1) is 0 Å². The molecule has 1 saturated heterocycles. The lowest BCUT2D eigenvalue weighted by molar-refractivity contribution is 0.222. The van der Waals surface area contributed by atoms with Crippen LogP contribution >= 0.6 is 0 Å². The zero-order valence-electron chi connectivity index (χ0n) is 14.1. The number of hydrogen-bond acceptors (Lipinski definition) is 2. The van der Waals surface area contributed by atoms with Gasteiger partial charge in [-0.25, -0.2) is 0 Å². The Bertz CT molecular complexity index is 420. The SMILES string of the molecule is CCNC(CN1CCCCCCC1)c1ccc(C)c(C)c1. The van der Waals surface area contributed by atoms with Crippen LogP contribution in [-0.2, 0) is 0 Å². The standard InChI is InChI=1S/C19H32N2/c1-4-20-19(18-11-10-16(2)17(3)14-18)15-21-12-8-6-5-7-9-13-21/h10-11,14,19-20H,4-9,12-13,15H2,1-3H3. The molecule has 0 aromatic heterocycles. The highest BCUT2D eigenvalue weighted by Crippen LogP contribution is 2.20. The highest BCUT2D eigenvalue weighted by Gasteiger charge is 2.16. The van der Waals surface area contributed by atoms with E-state index in [2.05, 4.69) is 49.2 Å². The van der Waals surface area contributed by atoms with Crippen LogP contribution in [0.25, 0.3) is 0 Å². The molecule has 0 bridgehead atoms. The Balaban J connectivity index is 2.04. The van der Waals surface area contributed by atoms with Crippen LogP contribution in [0.1, 0.15) is 61.8 Å². The average Bonchev–Trinajstić information content (AvgIpc) is 2.44. The molecule has 0 spiro atoms. The minimum absolute atomic E-state index is 0.466. The lowest BCUT2D eigenvalue weighted by atomic mass is 10.00. The second kappa shape index (κ2) is 8.55. The van der Waals surface area contributed by atoms with E-state index in [-0.39, 0.29) is 0 Å². The fourth-order valence-electron chi connectivity index (χ4n) is 3.27. The summed E-state index contributed by atoms with van der Waals surface area (Å²) in [6, 6.07) is 7.41. The molecule has 1 aliphatic rings. The van der Waals surface area contributed by atoms with Gasteiger partial charge in [-0.1, -0.05) is 44.4 Å². The number of rotatable bonds is 5. The summed E-state index contributed by atoms with van der Waals surface area (Å²) in [6.45, 7) is 11.3. The van der Waals surface area contributed by atoms with E-state index in [1.54, 1.807) is 0 Å². The molecule has 1 aromatic carbocycles. The molecule has 0 radical (unpaired) electrons. The summed E-state index contributed by atoms with van der Waals surface area (Å²) in [5.74, 6) is 0. The Morgan fingerprint density at radius 3 is 2.29 bits per heavy atom. The van der Waals surface area contributed by atoms with Crippen molar-refractivity contribution >= 4 is 0 Å². The van der Waals surface area contributed by atoms with Crippen LogP contribution in [0.5, 0.6) is 0 Å². The zero-order chi connectivity index (χ0) is 15.1. The van der Waals surface area contributed by atoms with Crippen molar-refractivity contribution in [2.24, 2.45) is 0 Å². The van der Waals surface area contributed by atoms with Crippen LogP contribution in [0.4, 0.5) is 0 Å². The van der Waals surface area contributed by atoms with Crippen molar-refractivity contribution < 1.29 is 0 Å². The van der Waals surface area contributed by atoms with Gasteiger partial charge in [0.25, 0.3) is 0 Å². The van der Waals surface area contributed by atoms with Crippen molar-refractivity contribution in [2.45, 2.75) is 58.9 Å². The van der Waals surface area contributed by atoms with Crippen molar-refractivity contribution in [2.75, 3.05) is 26.2 Å². The molecule has 0 amide bonds. The van der Waals surface area contributed by atoms with E-state index in [0.29, 0.717) is 6.04 Å². The third kappa shape index (κ3) is 5.12. The normalized spacial score (nSPS) is 19.0. The number of likely N-dealkylation sites (N-methyl/N-ethyl adjacent to an activating group) is 1. The molecule has 118 valence electrons. The topological polar surface area (TPSA) is 15.3 Å². The summed E-state index contributed by atoms with van der Waals surface area (Å²) in [6.07, 6.45) is 6.98. The van der Waals surface area contributed by atoms with Gasteiger partial charge in [-0.05, 0) is 63.0 Å². The molecular formula is C19H32N2. The van der Waals surface area contributed by atoms with Gasteiger partial charge in [0.15, 0.2) is 0 Å². The second-order valence-electron chi connectivity index (χ2n) is 6.52. The smallest absolute Gasteiger partial charge is 0.0449 e. The molecule has 1 fully saturated rings. The number of aryl methyl sites for hydroxylation is 2. The predicted octanol–water partition coefficient (Wildman–Crippen LogP) is 4.22. The molecule has 2 nitrogen and oxygen atoms in total. The summed E-state index contributed by atoms with van der Waals surface area (Å²) in [4.78, 5) is 2.67. The van der Waals surface area contributed by atoms with Gasteiger partial charge in [-0.2, -0.15) is 0 Å². The molecule has 1 heterocycles. The molecule has 1 aromatic rings. The van der Waals surface area contributed by atoms with Crippen LogP contribution < -0.4 is 5.32 Å². The predicted molar refractivity (Wildman–Crippen MR) is 91.9 cm³/mol. The van der Waals surface area contributed by atoms with Crippen LogP contribution in [0.3, 0.4) is 0 Å². The molecule has 0 saturated carbocycles. The molecular weight excluding hydrogens is 256 g/mol. The first-order chi connectivity index (χ1) is 10.2. The third-order valence-corrected chi connectivity index (χ3v) is 4.77. The summed E-state index contributed by atoms with van der Waals surface area (Å²) in [5, 5.41) is 3.69. The van der Waals surface area contributed by atoms with Gasteiger partial charge in [0.1, 0.15) is 0 Å². The molecule has 2 heteroatoms. The molecule has 1 N–H and O–H groups in total. The van der Waals surface area contributed by atoms with Gasteiger partial charge in [0, 0.05) is 12.6 Å². The molecule has 1 aliphatic heterocycles. The van der Waals surface area contributed by atoms with Gasteiger partial charge < -0.3 is 10.2 Å². The Kier molecular flexibility index (Phi) is 6.72. The van der Waals surface area contributed by atoms with Crippen LogP contribution in [-0.4, -0.2) is 31.1 Å². The van der Waals surface area contributed by atoms with Crippen molar-refractivity contribution in [1.82, 2.24) is 10.2 Å². The van der Waals surface area contributed by atoms with E-state index in [1.807, 2.05) is 0 Å². The maximum Gasteiger partial charge on any atom is 0.0449 e. The number of likely N-dealkylation sites (tertiary alicyclic amines) is 1. The number of hydrogen-bond donors (Lipinski definition) is 1. The molecule has 21 heavy (non-hydrogen) atoms. The fraction of sp³-hybridized carbons (Fsp3) is 0.684. The third-order valence-electron chi connectivity index (χ3n) is 4.77. The molecule has 2 rings (SSSR count). The second-order valence-corrected chi connectivity index (χ2v) is 6.52. The molecule has 1 unspecified atom stereocenters. The Morgan fingerprint density at radius 2 is 1.67 bits per heavy atom. The van der Waals surface area contributed by atoms with E-state index < -0.39 is 0 Å². The largest absolute Gasteiger partial charge is 0.309 e. The average molecular weight is 288 g/mol. The minimum atomic E-state index is 0.466. The highest BCUT2D eigenvalue weighted by atomic mass is 15.1. The molecule has 1 atom stereocenters. The fourth-order valence-corrected chi connectivity index (χ4v) is 3.27.